The van der Waals surface area contributed by atoms with E-state index in [1.807, 2.05) is 45.9 Å². The van der Waals surface area contributed by atoms with Crippen LogP contribution in [0.4, 0.5) is 0 Å². The summed E-state index contributed by atoms with van der Waals surface area (Å²) in [5.41, 5.74) is 7.89. The first kappa shape index (κ1) is 18.0. The first-order chi connectivity index (χ1) is 11.4. The molecule has 4 heteroatoms. The van der Waals surface area contributed by atoms with Crippen molar-refractivity contribution >= 4 is 11.6 Å². The van der Waals surface area contributed by atoms with E-state index in [-0.39, 0.29) is 12.5 Å². The molecule has 0 saturated carbocycles. The number of rotatable bonds is 5. The molecule has 1 aliphatic carbocycles. The van der Waals surface area contributed by atoms with Crippen LogP contribution in [-0.2, 0) is 4.79 Å². The second-order valence-corrected chi connectivity index (χ2v) is 6.52. The highest BCUT2D eigenvalue weighted by Gasteiger charge is 2.18. The molecule has 128 valence electrons. The fraction of sp³-hybridized carbons (Fsp3) is 0.400. The highest BCUT2D eigenvalue weighted by atomic mass is 16.5. The number of amides is 1. The van der Waals surface area contributed by atoms with E-state index in [0.29, 0.717) is 5.92 Å². The van der Waals surface area contributed by atoms with Crippen LogP contribution >= 0.6 is 0 Å². The standard InChI is InChI=1S/C20H26N2O2/c1-13(2)17-9-8-15(4)18(11-17)21-22-20(23)12-24-19-10-14(3)6-7-16(19)5/h6-8,10,17H,1,9,11-12H2,2-5H3,(H,22,23)/b21-18-. The van der Waals surface area contributed by atoms with E-state index >= 15 is 0 Å². The van der Waals surface area contributed by atoms with Gasteiger partial charge in [0.1, 0.15) is 5.75 Å². The summed E-state index contributed by atoms with van der Waals surface area (Å²) in [6, 6.07) is 5.93. The summed E-state index contributed by atoms with van der Waals surface area (Å²) < 4.78 is 5.60. The lowest BCUT2D eigenvalue weighted by atomic mass is 9.85. The highest BCUT2D eigenvalue weighted by molar-refractivity contribution is 6.01. The number of carbonyl (C=O) groups is 1. The second kappa shape index (κ2) is 7.95. The number of aryl methyl sites for hydroxylation is 2. The Kier molecular flexibility index (Phi) is 5.96. The fourth-order valence-electron chi connectivity index (χ4n) is 2.59. The van der Waals surface area contributed by atoms with Crippen LogP contribution in [0.25, 0.3) is 0 Å². The number of allylic oxidation sites excluding steroid dienone is 3. The fourth-order valence-corrected chi connectivity index (χ4v) is 2.59. The molecule has 2 rings (SSSR count). The van der Waals surface area contributed by atoms with Gasteiger partial charge >= 0.3 is 0 Å². The smallest absolute Gasteiger partial charge is 0.277 e. The second-order valence-electron chi connectivity index (χ2n) is 6.52. The monoisotopic (exact) mass is 326 g/mol. The molecular formula is C20H26N2O2. The third-order valence-electron chi connectivity index (χ3n) is 4.32. The number of hydrogen-bond acceptors (Lipinski definition) is 3. The van der Waals surface area contributed by atoms with Gasteiger partial charge in [0.05, 0.1) is 5.71 Å². The van der Waals surface area contributed by atoms with Crippen LogP contribution in [0.1, 0.15) is 37.8 Å². The van der Waals surface area contributed by atoms with E-state index in [1.165, 1.54) is 0 Å². The first-order valence-corrected chi connectivity index (χ1v) is 8.24. The third-order valence-corrected chi connectivity index (χ3v) is 4.32. The van der Waals surface area contributed by atoms with Gasteiger partial charge in [0, 0.05) is 0 Å². The Balaban J connectivity index is 1.92. The van der Waals surface area contributed by atoms with E-state index in [0.717, 1.165) is 46.6 Å². The Hall–Kier alpha value is -2.36. The molecule has 0 aromatic heterocycles. The minimum Gasteiger partial charge on any atom is -0.483 e. The van der Waals surface area contributed by atoms with Crippen LogP contribution in [0.3, 0.4) is 0 Å². The number of ether oxygens (including phenoxy) is 1. The van der Waals surface area contributed by atoms with Crippen LogP contribution in [0.5, 0.6) is 5.75 Å². The van der Waals surface area contributed by atoms with Crippen molar-refractivity contribution in [3.05, 3.63) is 53.1 Å². The average molecular weight is 326 g/mol. The maximum absolute atomic E-state index is 12.0. The van der Waals surface area contributed by atoms with Crippen molar-refractivity contribution in [2.45, 2.75) is 40.5 Å². The predicted molar refractivity (Wildman–Crippen MR) is 98.3 cm³/mol. The minimum absolute atomic E-state index is 0.0479. The third kappa shape index (κ3) is 4.82. The SMILES string of the molecule is C=C(C)C1CC=C(C)/C(=N\NC(=O)COc2cc(C)ccc2C)C1. The molecule has 1 aromatic carbocycles. The normalized spacial score (nSPS) is 18.9. The first-order valence-electron chi connectivity index (χ1n) is 8.24. The van der Waals surface area contributed by atoms with E-state index in [2.05, 4.69) is 23.2 Å². The largest absolute Gasteiger partial charge is 0.483 e. The molecule has 1 aliphatic rings. The molecule has 24 heavy (non-hydrogen) atoms. The Bertz CT molecular complexity index is 702. The molecule has 1 N–H and O–H groups in total. The van der Waals surface area contributed by atoms with Crippen molar-refractivity contribution < 1.29 is 9.53 Å². The van der Waals surface area contributed by atoms with Gasteiger partial charge in [-0.05, 0) is 69.2 Å². The van der Waals surface area contributed by atoms with Gasteiger partial charge in [-0.15, -0.1) is 0 Å². The maximum atomic E-state index is 12.0. The highest BCUT2D eigenvalue weighted by Crippen LogP contribution is 2.26. The van der Waals surface area contributed by atoms with Gasteiger partial charge in [-0.25, -0.2) is 5.43 Å². The quantitative estimate of drug-likeness (QED) is 0.654. The van der Waals surface area contributed by atoms with Crippen molar-refractivity contribution in [2.24, 2.45) is 11.0 Å². The number of nitrogens with one attached hydrogen (secondary N) is 1. The molecule has 1 aromatic rings. The number of hydrazone groups is 1. The molecule has 1 unspecified atom stereocenters. The zero-order valence-corrected chi connectivity index (χ0v) is 15.0. The number of hydrogen-bond donors (Lipinski definition) is 1. The summed E-state index contributed by atoms with van der Waals surface area (Å²) >= 11 is 0. The summed E-state index contributed by atoms with van der Waals surface area (Å²) in [6.07, 6.45) is 3.96. The minimum atomic E-state index is -0.256. The maximum Gasteiger partial charge on any atom is 0.277 e. The molecule has 0 fully saturated rings. The zero-order valence-electron chi connectivity index (χ0n) is 15.0. The van der Waals surface area contributed by atoms with Gasteiger partial charge in [-0.2, -0.15) is 5.10 Å². The summed E-state index contributed by atoms with van der Waals surface area (Å²) in [5, 5.41) is 4.28. The van der Waals surface area contributed by atoms with Crippen molar-refractivity contribution in [2.75, 3.05) is 6.61 Å². The summed E-state index contributed by atoms with van der Waals surface area (Å²) in [4.78, 5) is 12.0. The van der Waals surface area contributed by atoms with Gasteiger partial charge in [-0.3, -0.25) is 4.79 Å². The van der Waals surface area contributed by atoms with E-state index in [1.54, 1.807) is 0 Å². The molecule has 0 bridgehead atoms. The molecule has 0 saturated heterocycles. The average Bonchev–Trinajstić information content (AvgIpc) is 2.54. The molecule has 1 atom stereocenters. The lowest BCUT2D eigenvalue weighted by Crippen LogP contribution is -2.27. The number of carbonyl (C=O) groups excluding carboxylic acids is 1. The van der Waals surface area contributed by atoms with Crippen LogP contribution < -0.4 is 10.2 Å². The van der Waals surface area contributed by atoms with Gasteiger partial charge in [0.25, 0.3) is 5.91 Å². The molecule has 4 nitrogen and oxygen atoms in total. The van der Waals surface area contributed by atoms with E-state index in [4.69, 9.17) is 4.74 Å². The van der Waals surface area contributed by atoms with Crippen LogP contribution in [0.15, 0.2) is 47.1 Å². The van der Waals surface area contributed by atoms with Crippen LogP contribution in [0, 0.1) is 19.8 Å². The zero-order chi connectivity index (χ0) is 17.7. The van der Waals surface area contributed by atoms with Crippen molar-refractivity contribution in [1.29, 1.82) is 0 Å². The number of nitrogens with zero attached hydrogens (tertiary/aromatic N) is 1. The molecule has 0 aliphatic heterocycles. The summed E-state index contributed by atoms with van der Waals surface area (Å²) in [6.45, 7) is 12.0. The molecule has 0 heterocycles. The van der Waals surface area contributed by atoms with E-state index in [9.17, 15) is 4.79 Å². The van der Waals surface area contributed by atoms with Crippen molar-refractivity contribution in [1.82, 2.24) is 5.43 Å². The number of benzene rings is 1. The Morgan fingerprint density at radius 2 is 2.12 bits per heavy atom. The van der Waals surface area contributed by atoms with E-state index < -0.39 is 0 Å². The summed E-state index contributed by atoms with van der Waals surface area (Å²) in [7, 11) is 0. The Morgan fingerprint density at radius 1 is 1.38 bits per heavy atom. The lowest BCUT2D eigenvalue weighted by molar-refractivity contribution is -0.123. The molecular weight excluding hydrogens is 300 g/mol. The molecule has 0 spiro atoms. The molecule has 0 radical (unpaired) electrons. The van der Waals surface area contributed by atoms with Crippen LogP contribution in [0.2, 0.25) is 0 Å². The van der Waals surface area contributed by atoms with Crippen LogP contribution in [-0.4, -0.2) is 18.2 Å². The topological polar surface area (TPSA) is 50.7 Å². The van der Waals surface area contributed by atoms with Gasteiger partial charge < -0.3 is 4.74 Å². The van der Waals surface area contributed by atoms with Gasteiger partial charge in [0.15, 0.2) is 6.61 Å². The van der Waals surface area contributed by atoms with Gasteiger partial charge in [-0.1, -0.05) is 30.4 Å². The van der Waals surface area contributed by atoms with Crippen molar-refractivity contribution in [3.8, 4) is 5.75 Å². The van der Waals surface area contributed by atoms with Crippen molar-refractivity contribution in [3.63, 3.8) is 0 Å². The Morgan fingerprint density at radius 3 is 2.83 bits per heavy atom. The Labute approximate surface area is 144 Å². The molecule has 1 amide bonds. The predicted octanol–water partition coefficient (Wildman–Crippen LogP) is 4.09. The van der Waals surface area contributed by atoms with Gasteiger partial charge in [0.2, 0.25) is 0 Å². The summed E-state index contributed by atoms with van der Waals surface area (Å²) in [5.74, 6) is 0.873. The lowest BCUT2D eigenvalue weighted by Gasteiger charge is -2.22.